The number of hydrazine groups is 1. The van der Waals surface area contributed by atoms with Crippen LogP contribution >= 0.6 is 12.6 Å². The molecular weight excluding hydrogens is 248 g/mol. The van der Waals surface area contributed by atoms with Crippen LogP contribution in [0.25, 0.3) is 0 Å². The van der Waals surface area contributed by atoms with E-state index in [2.05, 4.69) is 12.6 Å². The van der Waals surface area contributed by atoms with Gasteiger partial charge >= 0.3 is 5.97 Å². The van der Waals surface area contributed by atoms with E-state index in [1.807, 2.05) is 6.92 Å². The van der Waals surface area contributed by atoms with Crippen LogP contribution in [0.3, 0.4) is 0 Å². The Morgan fingerprint density at radius 1 is 1.41 bits per heavy atom. The molecule has 0 unspecified atom stereocenters. The number of carboxylic acids is 1. The van der Waals surface area contributed by atoms with Crippen LogP contribution in [0.1, 0.15) is 6.92 Å². The van der Waals surface area contributed by atoms with Gasteiger partial charge < -0.3 is 14.6 Å². The summed E-state index contributed by atoms with van der Waals surface area (Å²) in [6, 6.07) is -1.15. The zero-order valence-electron chi connectivity index (χ0n) is 9.66. The van der Waals surface area contributed by atoms with Crippen molar-refractivity contribution in [2.75, 3.05) is 32.2 Å². The summed E-state index contributed by atoms with van der Waals surface area (Å²) >= 11 is 3.81. The smallest absolute Gasteiger partial charge is 0.328 e. The molecule has 0 aromatic rings. The van der Waals surface area contributed by atoms with Crippen molar-refractivity contribution in [1.82, 2.24) is 5.01 Å². The number of aliphatic carboxylic acids is 1. The number of ether oxygens (including phenoxy) is 2. The molecule has 0 aromatic heterocycles. The van der Waals surface area contributed by atoms with Crippen LogP contribution in [0, 0.1) is 0 Å². The van der Waals surface area contributed by atoms with E-state index in [-0.39, 0.29) is 19.0 Å². The SMILES string of the molecule is CCOCCOCC(=O)N(N)[C@@H](CS)C(=O)O. The molecule has 100 valence electrons. The van der Waals surface area contributed by atoms with Crippen molar-refractivity contribution in [3.05, 3.63) is 0 Å². The van der Waals surface area contributed by atoms with Gasteiger partial charge in [0.25, 0.3) is 5.91 Å². The lowest BCUT2D eigenvalue weighted by Gasteiger charge is -2.22. The molecule has 0 saturated carbocycles. The number of amides is 1. The highest BCUT2D eigenvalue weighted by Gasteiger charge is 2.25. The molecule has 1 atom stereocenters. The molecule has 0 aliphatic heterocycles. The summed E-state index contributed by atoms with van der Waals surface area (Å²) in [4.78, 5) is 22.1. The number of carbonyl (C=O) groups excluding carboxylic acids is 1. The number of carbonyl (C=O) groups is 2. The Balaban J connectivity index is 3.92. The van der Waals surface area contributed by atoms with Crippen LogP contribution in [0.5, 0.6) is 0 Å². The molecule has 0 aromatic carbocycles. The maximum Gasteiger partial charge on any atom is 0.328 e. The van der Waals surface area contributed by atoms with Gasteiger partial charge in [0.15, 0.2) is 6.04 Å². The van der Waals surface area contributed by atoms with Gasteiger partial charge in [0, 0.05) is 12.4 Å². The highest BCUT2D eigenvalue weighted by atomic mass is 32.1. The van der Waals surface area contributed by atoms with Crippen molar-refractivity contribution in [3.63, 3.8) is 0 Å². The lowest BCUT2D eigenvalue weighted by Crippen LogP contribution is -2.52. The lowest BCUT2D eigenvalue weighted by molar-refractivity contribution is -0.151. The number of thiol groups is 1. The Morgan fingerprint density at radius 3 is 2.47 bits per heavy atom. The molecule has 0 spiro atoms. The van der Waals surface area contributed by atoms with Crippen LogP contribution in [0.2, 0.25) is 0 Å². The molecule has 3 N–H and O–H groups in total. The first-order valence-corrected chi connectivity index (χ1v) is 5.73. The van der Waals surface area contributed by atoms with Crippen molar-refractivity contribution in [1.29, 1.82) is 0 Å². The van der Waals surface area contributed by atoms with E-state index in [0.717, 1.165) is 0 Å². The van der Waals surface area contributed by atoms with Crippen LogP contribution in [-0.4, -0.2) is 60.2 Å². The highest BCUT2D eigenvalue weighted by Crippen LogP contribution is 1.98. The van der Waals surface area contributed by atoms with Gasteiger partial charge in [-0.25, -0.2) is 10.6 Å². The molecule has 0 aliphatic rings. The minimum absolute atomic E-state index is 0.0590. The number of carboxylic acid groups (broad SMARTS) is 1. The van der Waals surface area contributed by atoms with Crippen molar-refractivity contribution < 1.29 is 24.2 Å². The first kappa shape index (κ1) is 16.2. The third kappa shape index (κ3) is 6.47. The predicted octanol–water partition coefficient (Wildman–Crippen LogP) is -0.875. The molecule has 17 heavy (non-hydrogen) atoms. The Bertz CT molecular complexity index is 252. The van der Waals surface area contributed by atoms with Crippen molar-refractivity contribution >= 4 is 24.5 Å². The number of hydrogen-bond acceptors (Lipinski definition) is 6. The predicted molar refractivity (Wildman–Crippen MR) is 63.6 cm³/mol. The standard InChI is InChI=1S/C9H18N2O5S/c1-2-15-3-4-16-5-8(12)11(10)7(6-17)9(13)14/h7,17H,2-6,10H2,1H3,(H,13,14)/t7-/m0/s1. The van der Waals surface area contributed by atoms with E-state index < -0.39 is 17.9 Å². The van der Waals surface area contributed by atoms with Gasteiger partial charge in [-0.15, -0.1) is 0 Å². The molecular formula is C9H18N2O5S. The summed E-state index contributed by atoms with van der Waals surface area (Å²) in [6.45, 7) is 2.77. The average molecular weight is 266 g/mol. The second kappa shape index (κ2) is 9.23. The van der Waals surface area contributed by atoms with E-state index in [1.165, 1.54) is 0 Å². The molecule has 0 radical (unpaired) electrons. The quantitative estimate of drug-likeness (QED) is 0.165. The Labute approximate surface area is 105 Å². The fourth-order valence-corrected chi connectivity index (χ4v) is 1.29. The first-order chi connectivity index (χ1) is 8.04. The van der Waals surface area contributed by atoms with Gasteiger partial charge in [0.1, 0.15) is 6.61 Å². The number of nitrogens with two attached hydrogens (primary N) is 1. The third-order valence-corrected chi connectivity index (χ3v) is 2.23. The number of rotatable bonds is 9. The molecule has 0 aliphatic carbocycles. The third-order valence-electron chi connectivity index (χ3n) is 1.88. The van der Waals surface area contributed by atoms with Crippen molar-refractivity contribution in [3.8, 4) is 0 Å². The highest BCUT2D eigenvalue weighted by molar-refractivity contribution is 7.80. The molecule has 8 heteroatoms. The van der Waals surface area contributed by atoms with E-state index in [4.69, 9.17) is 20.4 Å². The lowest BCUT2D eigenvalue weighted by atomic mass is 10.3. The minimum atomic E-state index is -1.20. The second-order valence-electron chi connectivity index (χ2n) is 3.09. The summed E-state index contributed by atoms with van der Waals surface area (Å²) in [5.41, 5.74) is 0. The second-order valence-corrected chi connectivity index (χ2v) is 3.45. The maximum atomic E-state index is 11.4. The molecule has 7 nitrogen and oxygen atoms in total. The summed E-state index contributed by atoms with van der Waals surface area (Å²) in [5, 5.41) is 9.37. The molecule has 0 rings (SSSR count). The largest absolute Gasteiger partial charge is 0.480 e. The summed E-state index contributed by atoms with van der Waals surface area (Å²) in [6.07, 6.45) is 0. The number of nitrogens with zero attached hydrogens (tertiary/aromatic N) is 1. The Kier molecular flexibility index (Phi) is 8.78. The van der Waals surface area contributed by atoms with Crippen molar-refractivity contribution in [2.45, 2.75) is 13.0 Å². The topological polar surface area (TPSA) is 102 Å². The van der Waals surface area contributed by atoms with Gasteiger partial charge in [-0.3, -0.25) is 9.80 Å². The Hall–Kier alpha value is -0.830. The van der Waals surface area contributed by atoms with Crippen LogP contribution in [0.15, 0.2) is 0 Å². The minimum Gasteiger partial charge on any atom is -0.480 e. The zero-order chi connectivity index (χ0) is 13.3. The van der Waals surface area contributed by atoms with E-state index in [0.29, 0.717) is 18.2 Å². The van der Waals surface area contributed by atoms with Crippen LogP contribution in [0.4, 0.5) is 0 Å². The first-order valence-electron chi connectivity index (χ1n) is 5.10. The average Bonchev–Trinajstić information content (AvgIpc) is 2.28. The zero-order valence-corrected chi connectivity index (χ0v) is 10.6. The van der Waals surface area contributed by atoms with E-state index in [1.54, 1.807) is 0 Å². The summed E-state index contributed by atoms with van der Waals surface area (Å²) in [5.74, 6) is 3.49. The van der Waals surface area contributed by atoms with Gasteiger partial charge in [-0.05, 0) is 6.92 Å². The number of hydrogen-bond donors (Lipinski definition) is 3. The molecule has 1 amide bonds. The summed E-state index contributed by atoms with van der Waals surface area (Å²) < 4.78 is 9.97. The van der Waals surface area contributed by atoms with Gasteiger partial charge in [-0.2, -0.15) is 12.6 Å². The van der Waals surface area contributed by atoms with Gasteiger partial charge in [0.2, 0.25) is 0 Å². The van der Waals surface area contributed by atoms with Crippen LogP contribution in [-0.2, 0) is 19.1 Å². The molecule has 0 bridgehead atoms. The van der Waals surface area contributed by atoms with Crippen LogP contribution < -0.4 is 5.84 Å². The van der Waals surface area contributed by atoms with Crippen molar-refractivity contribution in [2.24, 2.45) is 5.84 Å². The maximum absolute atomic E-state index is 11.4. The Morgan fingerprint density at radius 2 is 2.00 bits per heavy atom. The fourth-order valence-electron chi connectivity index (χ4n) is 0.955. The summed E-state index contributed by atoms with van der Waals surface area (Å²) in [7, 11) is 0. The van der Waals surface area contributed by atoms with Gasteiger partial charge in [-0.1, -0.05) is 0 Å². The molecule has 0 saturated heterocycles. The monoisotopic (exact) mass is 266 g/mol. The normalized spacial score (nSPS) is 12.2. The van der Waals surface area contributed by atoms with E-state index >= 15 is 0 Å². The fraction of sp³-hybridized carbons (Fsp3) is 0.778. The van der Waals surface area contributed by atoms with E-state index in [9.17, 15) is 9.59 Å². The van der Waals surface area contributed by atoms with Gasteiger partial charge in [0.05, 0.1) is 13.2 Å². The molecule has 0 heterocycles. The molecule has 0 fully saturated rings.